The van der Waals surface area contributed by atoms with Gasteiger partial charge in [0.05, 0.1) is 5.56 Å². The van der Waals surface area contributed by atoms with E-state index < -0.39 is 0 Å². The van der Waals surface area contributed by atoms with E-state index in [1.165, 1.54) is 0 Å². The maximum atomic E-state index is 12.8. The van der Waals surface area contributed by atoms with Gasteiger partial charge in [0, 0.05) is 23.7 Å². The minimum atomic E-state index is -0.371. The van der Waals surface area contributed by atoms with E-state index in [1.54, 1.807) is 36.4 Å². The summed E-state index contributed by atoms with van der Waals surface area (Å²) >= 11 is 0. The Hall–Kier alpha value is -3.80. The molecule has 0 bridgehead atoms. The Morgan fingerprint density at radius 1 is 0.900 bits per heavy atom. The van der Waals surface area contributed by atoms with Crippen molar-refractivity contribution in [3.8, 4) is 11.5 Å². The van der Waals surface area contributed by atoms with Gasteiger partial charge in [0.2, 0.25) is 0 Å². The molecule has 1 N–H and O–H groups in total. The van der Waals surface area contributed by atoms with Crippen molar-refractivity contribution in [3.05, 3.63) is 89.0 Å². The number of hydrogen-bond donors (Lipinski definition) is 1. The van der Waals surface area contributed by atoms with E-state index in [0.717, 1.165) is 11.1 Å². The zero-order valence-electron chi connectivity index (χ0n) is 16.1. The van der Waals surface area contributed by atoms with Gasteiger partial charge in [-0.3, -0.25) is 4.79 Å². The molecule has 0 saturated heterocycles. The molecular weight excluding hydrogens is 382 g/mol. The number of carbonyl (C=O) groups is 2. The number of ether oxygens (including phenoxy) is 3. The summed E-state index contributed by atoms with van der Waals surface area (Å²) in [6.07, 6.45) is 0.165. The van der Waals surface area contributed by atoms with Crippen LogP contribution in [0.1, 0.15) is 37.9 Å². The summed E-state index contributed by atoms with van der Waals surface area (Å²) in [6.45, 7) is 0.994. The zero-order chi connectivity index (χ0) is 20.5. The summed E-state index contributed by atoms with van der Waals surface area (Å²) in [5, 5.41) is 2.88. The Kier molecular flexibility index (Phi) is 4.59. The van der Waals surface area contributed by atoms with Crippen LogP contribution in [-0.2, 0) is 11.2 Å². The molecule has 3 aromatic rings. The fourth-order valence-electron chi connectivity index (χ4n) is 3.72. The van der Waals surface area contributed by atoms with Gasteiger partial charge in [-0.1, -0.05) is 30.3 Å². The summed E-state index contributed by atoms with van der Waals surface area (Å²) in [5.74, 6) is 0.644. The molecule has 5 rings (SSSR count). The molecular formula is C24H19NO5. The Balaban J connectivity index is 1.37. The third kappa shape index (κ3) is 3.48. The van der Waals surface area contributed by atoms with Gasteiger partial charge < -0.3 is 19.5 Å². The predicted molar refractivity (Wildman–Crippen MR) is 110 cm³/mol. The van der Waals surface area contributed by atoms with Crippen molar-refractivity contribution in [1.29, 1.82) is 0 Å². The van der Waals surface area contributed by atoms with Crippen molar-refractivity contribution in [3.63, 3.8) is 0 Å². The summed E-state index contributed by atoms with van der Waals surface area (Å²) in [4.78, 5) is 25.2. The van der Waals surface area contributed by atoms with E-state index in [1.807, 2.05) is 30.3 Å². The Bertz CT molecular complexity index is 1130. The van der Waals surface area contributed by atoms with Gasteiger partial charge in [0.15, 0.2) is 11.5 Å². The van der Waals surface area contributed by atoms with Gasteiger partial charge in [-0.25, -0.2) is 4.79 Å². The predicted octanol–water partition coefficient (Wildman–Crippen LogP) is 4.16. The van der Waals surface area contributed by atoms with Crippen LogP contribution in [0.15, 0.2) is 66.7 Å². The number of hydrogen-bond acceptors (Lipinski definition) is 5. The molecule has 30 heavy (non-hydrogen) atoms. The van der Waals surface area contributed by atoms with Crippen molar-refractivity contribution in [1.82, 2.24) is 0 Å². The van der Waals surface area contributed by atoms with Crippen molar-refractivity contribution >= 4 is 17.6 Å². The molecule has 1 atom stereocenters. The lowest BCUT2D eigenvalue weighted by Gasteiger charge is -2.25. The van der Waals surface area contributed by atoms with Crippen molar-refractivity contribution in [2.24, 2.45) is 0 Å². The molecule has 150 valence electrons. The summed E-state index contributed by atoms with van der Waals surface area (Å²) in [6, 6.07) is 19.9. The second kappa shape index (κ2) is 7.55. The number of nitrogens with one attached hydrogen (secondary N) is 1. The van der Waals surface area contributed by atoms with E-state index >= 15 is 0 Å². The first-order valence-electron chi connectivity index (χ1n) is 9.77. The molecule has 3 aromatic carbocycles. The lowest BCUT2D eigenvalue weighted by Crippen LogP contribution is -2.23. The second-order valence-electron chi connectivity index (χ2n) is 7.19. The molecule has 0 saturated carbocycles. The first kappa shape index (κ1) is 18.2. The largest absolute Gasteiger partial charge is 0.486 e. The minimum Gasteiger partial charge on any atom is -0.486 e. The Morgan fingerprint density at radius 3 is 2.53 bits per heavy atom. The normalized spacial score (nSPS) is 16.9. The van der Waals surface area contributed by atoms with Crippen LogP contribution in [0.25, 0.3) is 0 Å². The number of benzene rings is 3. The fraction of sp³-hybridized carbons (Fsp3) is 0.167. The van der Waals surface area contributed by atoms with Crippen LogP contribution in [0.3, 0.4) is 0 Å². The van der Waals surface area contributed by atoms with Crippen molar-refractivity contribution in [2.45, 2.75) is 12.5 Å². The van der Waals surface area contributed by atoms with Gasteiger partial charge >= 0.3 is 5.97 Å². The third-order valence-corrected chi connectivity index (χ3v) is 5.21. The van der Waals surface area contributed by atoms with E-state index in [9.17, 15) is 9.59 Å². The Morgan fingerprint density at radius 2 is 1.70 bits per heavy atom. The number of esters is 1. The highest BCUT2D eigenvalue weighted by Crippen LogP contribution is 2.33. The highest BCUT2D eigenvalue weighted by Gasteiger charge is 2.28. The van der Waals surface area contributed by atoms with E-state index in [2.05, 4.69) is 5.32 Å². The van der Waals surface area contributed by atoms with E-state index in [0.29, 0.717) is 47.9 Å². The zero-order valence-corrected chi connectivity index (χ0v) is 16.1. The molecule has 0 radical (unpaired) electrons. The lowest BCUT2D eigenvalue weighted by molar-refractivity contribution is 0.0252. The van der Waals surface area contributed by atoms with Crippen LogP contribution in [0, 0.1) is 0 Å². The van der Waals surface area contributed by atoms with Gasteiger partial charge in [0.25, 0.3) is 5.91 Å². The quantitative estimate of drug-likeness (QED) is 0.667. The number of anilines is 1. The number of carbonyl (C=O) groups excluding carboxylic acids is 2. The summed E-state index contributed by atoms with van der Waals surface area (Å²) in [5.41, 5.74) is 3.32. The number of rotatable bonds is 3. The molecule has 0 aromatic heterocycles. The molecule has 0 aliphatic carbocycles. The Labute approximate surface area is 173 Å². The van der Waals surface area contributed by atoms with Crippen LogP contribution in [0.5, 0.6) is 11.5 Å². The standard InChI is InChI=1S/C24H19NO5/c26-23(25-18-7-9-20-22(14-18)29-11-10-28-20)16-6-8-19-17(12-16)13-21(30-24(19)27)15-4-2-1-3-5-15/h1-9,12,14,21H,10-11,13H2,(H,25,26)/t21-/m1/s1. The maximum absolute atomic E-state index is 12.8. The highest BCUT2D eigenvalue weighted by atomic mass is 16.6. The summed E-state index contributed by atoms with van der Waals surface area (Å²) in [7, 11) is 0. The molecule has 6 nitrogen and oxygen atoms in total. The van der Waals surface area contributed by atoms with Gasteiger partial charge in [-0.05, 0) is 41.5 Å². The van der Waals surface area contributed by atoms with E-state index in [4.69, 9.17) is 14.2 Å². The van der Waals surface area contributed by atoms with Gasteiger partial charge in [0.1, 0.15) is 19.3 Å². The van der Waals surface area contributed by atoms with Crippen molar-refractivity contribution < 1.29 is 23.8 Å². The first-order chi connectivity index (χ1) is 14.7. The topological polar surface area (TPSA) is 73.9 Å². The smallest absolute Gasteiger partial charge is 0.339 e. The molecule has 6 heteroatoms. The lowest BCUT2D eigenvalue weighted by atomic mass is 9.93. The van der Waals surface area contributed by atoms with E-state index in [-0.39, 0.29) is 18.0 Å². The van der Waals surface area contributed by atoms with Gasteiger partial charge in [-0.2, -0.15) is 0 Å². The minimum absolute atomic E-state index is 0.260. The fourth-order valence-corrected chi connectivity index (χ4v) is 3.72. The third-order valence-electron chi connectivity index (χ3n) is 5.21. The first-order valence-corrected chi connectivity index (χ1v) is 9.77. The molecule has 2 aliphatic rings. The van der Waals surface area contributed by atoms with Crippen LogP contribution in [0.4, 0.5) is 5.69 Å². The average molecular weight is 401 g/mol. The molecule has 1 amide bonds. The number of fused-ring (bicyclic) bond motifs is 2. The van der Waals surface area contributed by atoms with Crippen LogP contribution < -0.4 is 14.8 Å². The molecule has 0 spiro atoms. The number of cyclic esters (lactones) is 1. The van der Waals surface area contributed by atoms with Crippen molar-refractivity contribution in [2.75, 3.05) is 18.5 Å². The van der Waals surface area contributed by atoms with Crippen LogP contribution in [0.2, 0.25) is 0 Å². The maximum Gasteiger partial charge on any atom is 0.339 e. The highest BCUT2D eigenvalue weighted by molar-refractivity contribution is 6.05. The van der Waals surface area contributed by atoms with Crippen LogP contribution >= 0.6 is 0 Å². The molecule has 0 fully saturated rings. The average Bonchev–Trinajstić information content (AvgIpc) is 2.79. The molecule has 2 aliphatic heterocycles. The SMILES string of the molecule is O=C(Nc1ccc2c(c1)OCCO2)c1ccc2c(c1)C[C@H](c1ccccc1)OC2=O. The molecule has 0 unspecified atom stereocenters. The van der Waals surface area contributed by atoms with Crippen LogP contribution in [-0.4, -0.2) is 25.1 Å². The second-order valence-corrected chi connectivity index (χ2v) is 7.19. The molecule has 2 heterocycles. The summed E-state index contributed by atoms with van der Waals surface area (Å²) < 4.78 is 16.7. The van der Waals surface area contributed by atoms with Gasteiger partial charge in [-0.15, -0.1) is 0 Å². The number of amides is 1. The monoisotopic (exact) mass is 401 g/mol.